The molecule has 1 aliphatic carbocycles. The van der Waals surface area contributed by atoms with E-state index < -0.39 is 5.97 Å². The first-order valence-corrected chi connectivity index (χ1v) is 7.05. The van der Waals surface area contributed by atoms with Crippen molar-refractivity contribution in [3.05, 3.63) is 17.5 Å². The van der Waals surface area contributed by atoms with Gasteiger partial charge in [-0.25, -0.2) is 9.59 Å². The molecule has 6 heteroatoms. The first-order chi connectivity index (χ1) is 9.57. The van der Waals surface area contributed by atoms with Crippen LogP contribution in [-0.4, -0.2) is 28.6 Å². The molecule has 2 amide bonds. The quantitative estimate of drug-likeness (QED) is 0.687. The molecule has 0 radical (unpaired) electrons. The molecule has 4 N–H and O–H groups in total. The summed E-state index contributed by atoms with van der Waals surface area (Å²) in [4.78, 5) is 25.7. The summed E-state index contributed by atoms with van der Waals surface area (Å²) in [6.07, 6.45) is 0. The number of hydrogen-bond donors (Lipinski definition) is 4. The maximum atomic E-state index is 11.9. The molecule has 0 spiro atoms. The molecule has 0 bridgehead atoms. The Morgan fingerprint density at radius 1 is 1.29 bits per heavy atom. The number of amides is 2. The van der Waals surface area contributed by atoms with E-state index in [1.54, 1.807) is 13.0 Å². The van der Waals surface area contributed by atoms with Crippen LogP contribution in [0.2, 0.25) is 0 Å². The van der Waals surface area contributed by atoms with Crippen LogP contribution in [0.1, 0.15) is 43.9 Å². The molecule has 1 saturated carbocycles. The number of aromatic carboxylic acids is 1. The van der Waals surface area contributed by atoms with Crippen LogP contribution < -0.4 is 10.6 Å². The molecule has 0 aliphatic heterocycles. The van der Waals surface area contributed by atoms with E-state index >= 15 is 0 Å². The average molecular weight is 293 g/mol. The van der Waals surface area contributed by atoms with E-state index in [9.17, 15) is 9.59 Å². The Balaban J connectivity index is 1.93. The number of carboxylic acid groups (broad SMARTS) is 1. The smallest absolute Gasteiger partial charge is 0.354 e. The summed E-state index contributed by atoms with van der Waals surface area (Å²) in [7, 11) is 0. The van der Waals surface area contributed by atoms with Crippen molar-refractivity contribution in [2.24, 2.45) is 16.7 Å². The van der Waals surface area contributed by atoms with E-state index in [0.29, 0.717) is 18.2 Å². The van der Waals surface area contributed by atoms with Gasteiger partial charge in [0.25, 0.3) is 0 Å². The van der Waals surface area contributed by atoms with Gasteiger partial charge >= 0.3 is 12.0 Å². The van der Waals surface area contributed by atoms with Crippen LogP contribution in [0.25, 0.3) is 0 Å². The predicted molar refractivity (Wildman–Crippen MR) is 80.6 cm³/mol. The van der Waals surface area contributed by atoms with Gasteiger partial charge in [0, 0.05) is 12.2 Å². The number of carboxylic acids is 1. The Labute approximate surface area is 124 Å². The molecule has 0 aromatic carbocycles. The first kappa shape index (κ1) is 15.4. The van der Waals surface area contributed by atoms with Gasteiger partial charge in [0.1, 0.15) is 5.69 Å². The van der Waals surface area contributed by atoms with Crippen molar-refractivity contribution in [1.82, 2.24) is 10.3 Å². The molecule has 1 aliphatic rings. The van der Waals surface area contributed by atoms with Crippen molar-refractivity contribution in [1.29, 1.82) is 0 Å². The Kier molecular flexibility index (Phi) is 3.51. The SMILES string of the molecule is Cc1cc(NC(=O)NCC2C(C)(C)C2(C)C)c(C(=O)O)[nH]1. The predicted octanol–water partition coefficient (Wildman–Crippen LogP) is 2.83. The van der Waals surface area contributed by atoms with Gasteiger partial charge in [0.15, 0.2) is 0 Å². The minimum atomic E-state index is -1.09. The maximum Gasteiger partial charge on any atom is 0.354 e. The number of urea groups is 1. The van der Waals surface area contributed by atoms with Crippen LogP contribution in [-0.2, 0) is 0 Å². The van der Waals surface area contributed by atoms with Crippen molar-refractivity contribution < 1.29 is 14.7 Å². The molecule has 6 nitrogen and oxygen atoms in total. The molecular weight excluding hydrogens is 270 g/mol. The first-order valence-electron chi connectivity index (χ1n) is 7.05. The number of anilines is 1. The minimum Gasteiger partial charge on any atom is -0.477 e. The summed E-state index contributed by atoms with van der Waals surface area (Å²) < 4.78 is 0. The number of aromatic nitrogens is 1. The monoisotopic (exact) mass is 293 g/mol. The molecule has 1 heterocycles. The summed E-state index contributed by atoms with van der Waals surface area (Å²) in [5.74, 6) is -0.675. The zero-order valence-corrected chi connectivity index (χ0v) is 13.1. The lowest BCUT2D eigenvalue weighted by Crippen LogP contribution is -2.31. The van der Waals surface area contributed by atoms with Crippen molar-refractivity contribution in [3.63, 3.8) is 0 Å². The summed E-state index contributed by atoms with van der Waals surface area (Å²) in [5, 5.41) is 14.5. The fourth-order valence-corrected chi connectivity index (χ4v) is 3.06. The molecule has 1 aromatic rings. The zero-order valence-electron chi connectivity index (χ0n) is 13.1. The van der Waals surface area contributed by atoms with E-state index in [0.717, 1.165) is 0 Å². The second kappa shape index (κ2) is 4.79. The maximum absolute atomic E-state index is 11.9. The highest BCUT2D eigenvalue weighted by Gasteiger charge is 2.64. The molecule has 116 valence electrons. The summed E-state index contributed by atoms with van der Waals surface area (Å²) in [6, 6.07) is 1.23. The highest BCUT2D eigenvalue weighted by Crippen LogP contribution is 2.67. The second-order valence-electron chi connectivity index (χ2n) is 6.88. The molecule has 0 unspecified atom stereocenters. The number of rotatable bonds is 4. The fraction of sp³-hybridized carbons (Fsp3) is 0.600. The number of carbonyl (C=O) groups excluding carboxylic acids is 1. The third-order valence-electron chi connectivity index (χ3n) is 5.20. The lowest BCUT2D eigenvalue weighted by atomic mass is 10.0. The molecular formula is C15H23N3O3. The van der Waals surface area contributed by atoms with Crippen LogP contribution in [0.3, 0.4) is 0 Å². The summed E-state index contributed by atoms with van der Waals surface area (Å²) >= 11 is 0. The number of nitrogens with one attached hydrogen (secondary N) is 3. The highest BCUT2D eigenvalue weighted by molar-refractivity contribution is 5.99. The minimum absolute atomic E-state index is 0.00488. The lowest BCUT2D eigenvalue weighted by Gasteiger charge is -2.08. The van der Waals surface area contributed by atoms with Gasteiger partial charge in [-0.2, -0.15) is 0 Å². The van der Waals surface area contributed by atoms with Crippen LogP contribution in [0.5, 0.6) is 0 Å². The Morgan fingerprint density at radius 3 is 2.33 bits per heavy atom. The van der Waals surface area contributed by atoms with Crippen molar-refractivity contribution in [2.75, 3.05) is 11.9 Å². The Bertz CT molecular complexity index is 573. The van der Waals surface area contributed by atoms with E-state index in [-0.39, 0.29) is 28.2 Å². The van der Waals surface area contributed by atoms with Gasteiger partial charge in [-0.05, 0) is 29.7 Å². The second-order valence-corrected chi connectivity index (χ2v) is 6.88. The van der Waals surface area contributed by atoms with E-state index in [2.05, 4.69) is 43.3 Å². The van der Waals surface area contributed by atoms with Gasteiger partial charge in [-0.15, -0.1) is 0 Å². The molecule has 21 heavy (non-hydrogen) atoms. The summed E-state index contributed by atoms with van der Waals surface area (Å²) in [5.41, 5.74) is 1.38. The standard InChI is InChI=1S/C15H23N3O3/c1-8-6-9(11(17-8)12(19)20)18-13(21)16-7-10-14(2,3)15(10,4)5/h6,10,17H,7H2,1-5H3,(H,19,20)(H2,16,18,21). The molecule has 0 atom stereocenters. The third kappa shape index (κ3) is 2.62. The number of aromatic amines is 1. The van der Waals surface area contributed by atoms with Crippen LogP contribution >= 0.6 is 0 Å². The average Bonchev–Trinajstić information content (AvgIpc) is 2.62. The largest absolute Gasteiger partial charge is 0.477 e. The van der Waals surface area contributed by atoms with Crippen LogP contribution in [0.15, 0.2) is 6.07 Å². The number of hydrogen-bond acceptors (Lipinski definition) is 2. The molecule has 0 saturated heterocycles. The Hall–Kier alpha value is -1.98. The van der Waals surface area contributed by atoms with Crippen LogP contribution in [0.4, 0.5) is 10.5 Å². The zero-order chi connectivity index (χ0) is 16.0. The molecule has 1 fully saturated rings. The van der Waals surface area contributed by atoms with E-state index in [4.69, 9.17) is 5.11 Å². The van der Waals surface area contributed by atoms with Crippen molar-refractivity contribution in [3.8, 4) is 0 Å². The fourth-order valence-electron chi connectivity index (χ4n) is 3.06. The molecule has 1 aromatic heterocycles. The topological polar surface area (TPSA) is 94.2 Å². The van der Waals surface area contributed by atoms with Crippen molar-refractivity contribution in [2.45, 2.75) is 34.6 Å². The number of H-pyrrole nitrogens is 1. The van der Waals surface area contributed by atoms with Gasteiger partial charge in [-0.1, -0.05) is 27.7 Å². The van der Waals surface area contributed by atoms with Gasteiger partial charge in [0.05, 0.1) is 5.69 Å². The normalized spacial score (nSPS) is 19.1. The lowest BCUT2D eigenvalue weighted by molar-refractivity contribution is 0.0692. The number of carbonyl (C=O) groups is 2. The van der Waals surface area contributed by atoms with Gasteiger partial charge in [-0.3, -0.25) is 0 Å². The van der Waals surface area contributed by atoms with Gasteiger partial charge < -0.3 is 20.7 Å². The Morgan fingerprint density at radius 2 is 1.86 bits per heavy atom. The number of aryl methyl sites for hydroxylation is 1. The van der Waals surface area contributed by atoms with Crippen LogP contribution in [0, 0.1) is 23.7 Å². The van der Waals surface area contributed by atoms with E-state index in [1.807, 2.05) is 0 Å². The third-order valence-corrected chi connectivity index (χ3v) is 5.20. The van der Waals surface area contributed by atoms with Crippen molar-refractivity contribution >= 4 is 17.7 Å². The van der Waals surface area contributed by atoms with E-state index in [1.165, 1.54) is 0 Å². The highest BCUT2D eigenvalue weighted by atomic mass is 16.4. The van der Waals surface area contributed by atoms with Gasteiger partial charge in [0.2, 0.25) is 0 Å². The molecule has 2 rings (SSSR count). The summed E-state index contributed by atoms with van der Waals surface area (Å²) in [6.45, 7) is 11.1.